The zero-order valence-corrected chi connectivity index (χ0v) is 11.1. The Morgan fingerprint density at radius 2 is 2.17 bits per heavy atom. The van der Waals surface area contributed by atoms with Crippen molar-refractivity contribution in [3.8, 4) is 0 Å². The number of nitrogens with zero attached hydrogens (tertiary/aromatic N) is 3. The first-order valence-electron chi connectivity index (χ1n) is 6.22. The minimum absolute atomic E-state index is 0.0808. The summed E-state index contributed by atoms with van der Waals surface area (Å²) in [6.45, 7) is 0.979. The molecule has 1 unspecified atom stereocenters. The fourth-order valence-electron chi connectivity index (χ4n) is 2.36. The average molecular weight is 266 g/mol. The molecule has 1 aromatic heterocycles. The number of aliphatic hydroxyl groups excluding tert-OH is 1. The highest BCUT2D eigenvalue weighted by molar-refractivity contribution is 7.80. The summed E-state index contributed by atoms with van der Waals surface area (Å²) in [5, 5.41) is 9.52. The minimum Gasteiger partial charge on any atom is -0.394 e. The molecule has 0 radical (unpaired) electrons. The number of aromatic nitrogens is 2. The molecular formula is C12H18N4OS. The molecule has 0 bridgehead atoms. The van der Waals surface area contributed by atoms with Crippen LogP contribution in [0, 0.1) is 0 Å². The number of nitrogens with two attached hydrogens (primary N) is 1. The van der Waals surface area contributed by atoms with Gasteiger partial charge in [-0.1, -0.05) is 25.1 Å². The van der Waals surface area contributed by atoms with Crippen molar-refractivity contribution in [1.82, 2.24) is 9.97 Å². The van der Waals surface area contributed by atoms with Crippen LogP contribution in [0.5, 0.6) is 0 Å². The van der Waals surface area contributed by atoms with E-state index in [1.54, 1.807) is 12.4 Å². The van der Waals surface area contributed by atoms with E-state index in [2.05, 4.69) is 14.9 Å². The second kappa shape index (κ2) is 6.06. The molecule has 18 heavy (non-hydrogen) atoms. The maximum Gasteiger partial charge on any atom is 0.157 e. The smallest absolute Gasteiger partial charge is 0.157 e. The Balaban J connectivity index is 2.35. The molecule has 1 aliphatic rings. The van der Waals surface area contributed by atoms with Crippen LogP contribution in [0.4, 0.5) is 5.82 Å². The minimum atomic E-state index is 0.0808. The van der Waals surface area contributed by atoms with Crippen LogP contribution in [0.1, 0.15) is 31.4 Å². The molecule has 1 aliphatic heterocycles. The maximum absolute atomic E-state index is 9.52. The van der Waals surface area contributed by atoms with Gasteiger partial charge in [0.25, 0.3) is 0 Å². The van der Waals surface area contributed by atoms with Gasteiger partial charge in [0.2, 0.25) is 0 Å². The number of anilines is 1. The third-order valence-corrected chi connectivity index (χ3v) is 3.47. The van der Waals surface area contributed by atoms with Gasteiger partial charge < -0.3 is 15.7 Å². The van der Waals surface area contributed by atoms with E-state index in [1.165, 1.54) is 6.42 Å². The fraction of sp³-hybridized carbons (Fsp3) is 0.583. The molecule has 6 heteroatoms. The van der Waals surface area contributed by atoms with Crippen molar-refractivity contribution < 1.29 is 5.11 Å². The SMILES string of the molecule is NC(=S)c1nccnc1N1CCCCCC1CO. The standard InChI is InChI=1S/C12H18N4OS/c13-11(18)10-12(15-6-5-14-10)16-7-3-1-2-4-9(16)8-17/h5-6,9,17H,1-4,7-8H2,(H2,13,18). The van der Waals surface area contributed by atoms with Crippen LogP contribution in [-0.4, -0.2) is 39.3 Å². The van der Waals surface area contributed by atoms with E-state index in [1.807, 2.05) is 0 Å². The van der Waals surface area contributed by atoms with E-state index in [9.17, 15) is 5.11 Å². The summed E-state index contributed by atoms with van der Waals surface area (Å²) in [6.07, 6.45) is 7.58. The second-order valence-corrected chi connectivity index (χ2v) is 4.91. The molecule has 3 N–H and O–H groups in total. The Hall–Kier alpha value is -1.27. The third kappa shape index (κ3) is 2.76. The van der Waals surface area contributed by atoms with Crippen molar-refractivity contribution >= 4 is 23.0 Å². The molecule has 0 spiro atoms. The van der Waals surface area contributed by atoms with Crippen molar-refractivity contribution in [1.29, 1.82) is 0 Å². The Labute approximate surface area is 112 Å². The second-order valence-electron chi connectivity index (χ2n) is 4.47. The molecule has 0 saturated carbocycles. The van der Waals surface area contributed by atoms with Crippen molar-refractivity contribution in [3.05, 3.63) is 18.1 Å². The highest BCUT2D eigenvalue weighted by Crippen LogP contribution is 2.24. The van der Waals surface area contributed by atoms with Gasteiger partial charge in [-0.05, 0) is 12.8 Å². The van der Waals surface area contributed by atoms with Crippen LogP contribution in [0.3, 0.4) is 0 Å². The largest absolute Gasteiger partial charge is 0.394 e. The molecule has 0 aromatic carbocycles. The Morgan fingerprint density at radius 3 is 2.89 bits per heavy atom. The summed E-state index contributed by atoms with van der Waals surface area (Å²) < 4.78 is 0. The Bertz CT molecular complexity index is 426. The average Bonchev–Trinajstić information content (AvgIpc) is 2.63. The number of aliphatic hydroxyl groups is 1. The van der Waals surface area contributed by atoms with Crippen LogP contribution in [-0.2, 0) is 0 Å². The summed E-state index contributed by atoms with van der Waals surface area (Å²) in [4.78, 5) is 10.9. The lowest BCUT2D eigenvalue weighted by Gasteiger charge is -2.30. The molecule has 2 heterocycles. The highest BCUT2D eigenvalue weighted by Gasteiger charge is 2.24. The van der Waals surface area contributed by atoms with Crippen molar-refractivity contribution in [2.75, 3.05) is 18.1 Å². The van der Waals surface area contributed by atoms with Gasteiger partial charge in [0, 0.05) is 18.9 Å². The van der Waals surface area contributed by atoms with Crippen LogP contribution < -0.4 is 10.6 Å². The van der Waals surface area contributed by atoms with Crippen LogP contribution in [0.2, 0.25) is 0 Å². The van der Waals surface area contributed by atoms with Crippen molar-refractivity contribution in [2.24, 2.45) is 5.73 Å². The topological polar surface area (TPSA) is 75.3 Å². The zero-order valence-electron chi connectivity index (χ0n) is 10.2. The summed E-state index contributed by atoms with van der Waals surface area (Å²) in [5.41, 5.74) is 6.24. The zero-order chi connectivity index (χ0) is 13.0. The van der Waals surface area contributed by atoms with E-state index >= 15 is 0 Å². The van der Waals surface area contributed by atoms with E-state index in [0.717, 1.165) is 25.8 Å². The number of thiocarbonyl (C=S) groups is 1. The van der Waals surface area contributed by atoms with Gasteiger partial charge in [-0.2, -0.15) is 0 Å². The van der Waals surface area contributed by atoms with Gasteiger partial charge in [-0.3, -0.25) is 0 Å². The van der Waals surface area contributed by atoms with E-state index in [-0.39, 0.29) is 17.6 Å². The van der Waals surface area contributed by atoms with Crippen LogP contribution in [0.15, 0.2) is 12.4 Å². The summed E-state index contributed by atoms with van der Waals surface area (Å²) >= 11 is 5.01. The molecule has 1 atom stereocenters. The van der Waals surface area contributed by atoms with E-state index < -0.39 is 0 Å². The Morgan fingerprint density at radius 1 is 1.39 bits per heavy atom. The molecule has 1 fully saturated rings. The first-order chi connectivity index (χ1) is 8.74. The first kappa shape index (κ1) is 13.2. The highest BCUT2D eigenvalue weighted by atomic mass is 32.1. The van der Waals surface area contributed by atoms with Crippen LogP contribution in [0.25, 0.3) is 0 Å². The lowest BCUT2D eigenvalue weighted by atomic mass is 10.1. The lowest BCUT2D eigenvalue weighted by molar-refractivity contribution is 0.254. The molecule has 5 nitrogen and oxygen atoms in total. The summed E-state index contributed by atoms with van der Waals surface area (Å²) in [7, 11) is 0. The van der Waals surface area contributed by atoms with Crippen LogP contribution >= 0.6 is 12.2 Å². The molecule has 0 amide bonds. The first-order valence-corrected chi connectivity index (χ1v) is 6.63. The third-order valence-electron chi connectivity index (χ3n) is 3.27. The van der Waals surface area contributed by atoms with Crippen molar-refractivity contribution in [3.63, 3.8) is 0 Å². The molecule has 0 aliphatic carbocycles. The summed E-state index contributed by atoms with van der Waals surface area (Å²) in [6, 6.07) is 0.0808. The fourth-order valence-corrected chi connectivity index (χ4v) is 2.50. The molecule has 1 aromatic rings. The van der Waals surface area contributed by atoms with Crippen molar-refractivity contribution in [2.45, 2.75) is 31.7 Å². The normalized spacial score (nSPS) is 20.5. The summed E-state index contributed by atoms with van der Waals surface area (Å²) in [5.74, 6) is 0.700. The van der Waals surface area contributed by atoms with Gasteiger partial charge >= 0.3 is 0 Å². The predicted octanol–water partition coefficient (Wildman–Crippen LogP) is 0.852. The van der Waals surface area contributed by atoms with Gasteiger partial charge in [0.05, 0.1) is 12.6 Å². The van der Waals surface area contributed by atoms with E-state index in [0.29, 0.717) is 11.5 Å². The quantitative estimate of drug-likeness (QED) is 0.790. The number of hydrogen-bond donors (Lipinski definition) is 2. The van der Waals surface area contributed by atoms with Gasteiger partial charge in [-0.15, -0.1) is 0 Å². The molecule has 2 rings (SSSR count). The van der Waals surface area contributed by atoms with Gasteiger partial charge in [-0.25, -0.2) is 9.97 Å². The molecular weight excluding hydrogens is 248 g/mol. The van der Waals surface area contributed by atoms with E-state index in [4.69, 9.17) is 18.0 Å². The number of rotatable bonds is 3. The Kier molecular flexibility index (Phi) is 4.43. The lowest BCUT2D eigenvalue weighted by Crippen LogP contribution is -2.39. The van der Waals surface area contributed by atoms with Gasteiger partial charge in [0.1, 0.15) is 10.7 Å². The monoisotopic (exact) mass is 266 g/mol. The maximum atomic E-state index is 9.52. The predicted molar refractivity (Wildman–Crippen MR) is 74.6 cm³/mol. The molecule has 1 saturated heterocycles. The number of hydrogen-bond acceptors (Lipinski definition) is 5. The van der Waals surface area contributed by atoms with Gasteiger partial charge in [0.15, 0.2) is 5.82 Å². The molecule has 98 valence electrons.